The Hall–Kier alpha value is -2.06. The second-order valence-electron chi connectivity index (χ2n) is 7.62. The van der Waals surface area contributed by atoms with E-state index in [1.165, 1.54) is 12.1 Å². The third-order valence-corrected chi connectivity index (χ3v) is 6.99. The topological polar surface area (TPSA) is 84.0 Å². The summed E-state index contributed by atoms with van der Waals surface area (Å²) in [6, 6.07) is 10.3. The van der Waals surface area contributed by atoms with Gasteiger partial charge in [0.2, 0.25) is 10.0 Å². The Morgan fingerprint density at radius 1 is 1.11 bits per heavy atom. The first-order valence-electron chi connectivity index (χ1n) is 9.68. The second kappa shape index (κ2) is 8.96. The van der Waals surface area contributed by atoms with E-state index >= 15 is 0 Å². The molecule has 0 unspecified atom stereocenters. The van der Waals surface area contributed by atoms with Gasteiger partial charge < -0.3 is 5.32 Å². The Balaban J connectivity index is 1.48. The Bertz CT molecular complexity index is 879. The number of sulfonamides is 1. The lowest BCUT2D eigenvalue weighted by atomic mass is 9.86. The first-order chi connectivity index (χ1) is 13.3. The highest BCUT2D eigenvalue weighted by atomic mass is 32.2. The normalized spacial score (nSPS) is 20.3. The number of anilines is 1. The molecule has 8 heteroatoms. The van der Waals surface area contributed by atoms with Crippen molar-refractivity contribution in [2.75, 3.05) is 11.9 Å². The maximum atomic E-state index is 13.3. The van der Waals surface area contributed by atoms with Crippen LogP contribution in [0.15, 0.2) is 36.4 Å². The van der Waals surface area contributed by atoms with Gasteiger partial charge in [0.1, 0.15) is 11.6 Å². The van der Waals surface area contributed by atoms with Gasteiger partial charge >= 0.3 is 0 Å². The second-order valence-corrected chi connectivity index (χ2v) is 9.94. The predicted octanol–water partition coefficient (Wildman–Crippen LogP) is 3.58. The molecular weight excluding hydrogens is 379 g/mol. The minimum absolute atomic E-state index is 0.297. The van der Waals surface area contributed by atoms with Crippen molar-refractivity contribution in [3.8, 4) is 11.3 Å². The average molecular weight is 407 g/mol. The van der Waals surface area contributed by atoms with E-state index in [1.54, 1.807) is 26.0 Å². The van der Waals surface area contributed by atoms with Gasteiger partial charge in [-0.15, -0.1) is 10.2 Å². The van der Waals surface area contributed by atoms with Crippen LogP contribution in [-0.2, 0) is 10.0 Å². The molecule has 1 aromatic heterocycles. The molecule has 1 aliphatic carbocycles. The van der Waals surface area contributed by atoms with Crippen molar-refractivity contribution in [2.24, 2.45) is 5.92 Å². The number of hydrogen-bond donors (Lipinski definition) is 2. The summed E-state index contributed by atoms with van der Waals surface area (Å²) in [6.45, 7) is 3.88. The number of rotatable bonds is 7. The molecule has 152 valence electrons. The monoisotopic (exact) mass is 406 g/mol. The van der Waals surface area contributed by atoms with Crippen LogP contribution in [0, 0.1) is 11.7 Å². The van der Waals surface area contributed by atoms with Crippen LogP contribution in [0.4, 0.5) is 10.2 Å². The van der Waals surface area contributed by atoms with Crippen molar-refractivity contribution in [3.05, 3.63) is 42.2 Å². The van der Waals surface area contributed by atoms with Crippen LogP contribution in [0.3, 0.4) is 0 Å². The van der Waals surface area contributed by atoms with E-state index in [0.717, 1.165) is 25.7 Å². The van der Waals surface area contributed by atoms with E-state index in [0.29, 0.717) is 35.6 Å². The van der Waals surface area contributed by atoms with Gasteiger partial charge in [-0.2, -0.15) is 0 Å². The number of hydrogen-bond acceptors (Lipinski definition) is 5. The molecule has 0 atom stereocenters. The van der Waals surface area contributed by atoms with Gasteiger partial charge in [0.25, 0.3) is 0 Å². The predicted molar refractivity (Wildman–Crippen MR) is 109 cm³/mol. The lowest BCUT2D eigenvalue weighted by molar-refractivity contribution is 0.336. The number of nitrogens with zero attached hydrogens (tertiary/aromatic N) is 2. The summed E-state index contributed by atoms with van der Waals surface area (Å²) in [5.41, 5.74) is 1.33. The van der Waals surface area contributed by atoms with Gasteiger partial charge in [-0.3, -0.25) is 0 Å². The van der Waals surface area contributed by atoms with Crippen molar-refractivity contribution >= 4 is 15.8 Å². The van der Waals surface area contributed by atoms with Gasteiger partial charge in [0.05, 0.1) is 10.9 Å². The molecule has 2 aromatic rings. The molecule has 0 amide bonds. The van der Waals surface area contributed by atoms with Crippen molar-refractivity contribution in [3.63, 3.8) is 0 Å². The van der Waals surface area contributed by atoms with Crippen molar-refractivity contribution < 1.29 is 12.8 Å². The fraction of sp³-hybridized carbons (Fsp3) is 0.500. The summed E-state index contributed by atoms with van der Waals surface area (Å²) in [4.78, 5) is 0. The smallest absolute Gasteiger partial charge is 0.213 e. The first-order valence-corrected chi connectivity index (χ1v) is 11.2. The number of nitrogens with one attached hydrogen (secondary N) is 2. The Kier molecular flexibility index (Phi) is 6.61. The van der Waals surface area contributed by atoms with E-state index in [4.69, 9.17) is 0 Å². The Labute approximate surface area is 166 Å². The van der Waals surface area contributed by atoms with Crippen LogP contribution >= 0.6 is 0 Å². The molecule has 2 N–H and O–H groups in total. The molecule has 3 rings (SSSR count). The van der Waals surface area contributed by atoms with Crippen LogP contribution in [-0.4, -0.2) is 36.5 Å². The maximum Gasteiger partial charge on any atom is 0.213 e. The molecule has 0 spiro atoms. The summed E-state index contributed by atoms with van der Waals surface area (Å²) in [6.07, 6.45) is 3.85. The highest BCUT2D eigenvalue weighted by Gasteiger charge is 2.24. The van der Waals surface area contributed by atoms with Crippen molar-refractivity contribution in [1.29, 1.82) is 0 Å². The summed E-state index contributed by atoms with van der Waals surface area (Å²) in [5.74, 6) is 0.770. The lowest BCUT2D eigenvalue weighted by Gasteiger charge is -2.29. The summed E-state index contributed by atoms with van der Waals surface area (Å²) in [7, 11) is -3.20. The molecule has 1 fully saturated rings. The largest absolute Gasteiger partial charge is 0.366 e. The third-order valence-electron chi connectivity index (χ3n) is 5.18. The van der Waals surface area contributed by atoms with Crippen LogP contribution in [0.5, 0.6) is 0 Å². The van der Waals surface area contributed by atoms with E-state index in [1.807, 2.05) is 12.1 Å². The fourth-order valence-corrected chi connectivity index (χ4v) is 4.13. The molecule has 0 bridgehead atoms. The molecule has 1 saturated carbocycles. The maximum absolute atomic E-state index is 13.3. The molecule has 1 heterocycles. The van der Waals surface area contributed by atoms with Crippen molar-refractivity contribution in [1.82, 2.24) is 14.9 Å². The molecule has 28 heavy (non-hydrogen) atoms. The fourth-order valence-electron chi connectivity index (χ4n) is 3.33. The van der Waals surface area contributed by atoms with Gasteiger partial charge in [-0.25, -0.2) is 17.5 Å². The molecule has 0 radical (unpaired) electrons. The SMILES string of the molecule is CC(C)S(=O)(=O)NCC1CCC(Nc2ccc(-c3cccc(F)c3)nn2)CC1. The summed E-state index contributed by atoms with van der Waals surface area (Å²) in [5, 5.41) is 11.4. The zero-order valence-electron chi connectivity index (χ0n) is 16.2. The minimum atomic E-state index is -3.20. The van der Waals surface area contributed by atoms with E-state index < -0.39 is 15.3 Å². The third kappa shape index (κ3) is 5.48. The van der Waals surface area contributed by atoms with Gasteiger partial charge in [-0.1, -0.05) is 12.1 Å². The Morgan fingerprint density at radius 2 is 1.86 bits per heavy atom. The number of aromatic nitrogens is 2. The molecule has 6 nitrogen and oxygen atoms in total. The zero-order chi connectivity index (χ0) is 20.1. The highest BCUT2D eigenvalue weighted by Crippen LogP contribution is 2.26. The van der Waals surface area contributed by atoms with E-state index in [2.05, 4.69) is 20.2 Å². The average Bonchev–Trinajstić information content (AvgIpc) is 2.68. The van der Waals surface area contributed by atoms with Crippen LogP contribution < -0.4 is 10.0 Å². The molecule has 0 aliphatic heterocycles. The van der Waals surface area contributed by atoms with Crippen LogP contribution in [0.2, 0.25) is 0 Å². The number of halogens is 1. The first kappa shape index (κ1) is 20.7. The van der Waals surface area contributed by atoms with Crippen LogP contribution in [0.25, 0.3) is 11.3 Å². The quantitative estimate of drug-likeness (QED) is 0.734. The van der Waals surface area contributed by atoms with E-state index in [-0.39, 0.29) is 5.82 Å². The Morgan fingerprint density at radius 3 is 2.46 bits per heavy atom. The minimum Gasteiger partial charge on any atom is -0.366 e. The standard InChI is InChI=1S/C20H27FN4O2S/c1-14(2)28(26,27)22-13-15-6-8-18(9-7-15)23-20-11-10-19(24-25-20)16-4-3-5-17(21)12-16/h3-5,10-12,14-15,18,22H,6-9,13H2,1-2H3,(H,23,25). The van der Waals surface area contributed by atoms with Crippen LogP contribution in [0.1, 0.15) is 39.5 Å². The molecule has 1 aliphatic rings. The zero-order valence-corrected chi connectivity index (χ0v) is 17.0. The summed E-state index contributed by atoms with van der Waals surface area (Å²) >= 11 is 0. The van der Waals surface area contributed by atoms with E-state index in [9.17, 15) is 12.8 Å². The van der Waals surface area contributed by atoms with Crippen molar-refractivity contribution in [2.45, 2.75) is 50.8 Å². The number of benzene rings is 1. The van der Waals surface area contributed by atoms with Gasteiger partial charge in [0, 0.05) is 18.2 Å². The lowest BCUT2D eigenvalue weighted by Crippen LogP contribution is -2.37. The summed E-state index contributed by atoms with van der Waals surface area (Å²) < 4.78 is 39.8. The molecule has 0 saturated heterocycles. The van der Waals surface area contributed by atoms with Gasteiger partial charge in [-0.05, 0) is 69.7 Å². The highest BCUT2D eigenvalue weighted by molar-refractivity contribution is 7.90. The van der Waals surface area contributed by atoms with Gasteiger partial charge in [0.15, 0.2) is 0 Å². The molecular formula is C20H27FN4O2S. The molecule has 1 aromatic carbocycles.